The Kier molecular flexibility index (Phi) is 6.91. The van der Waals surface area contributed by atoms with Crippen LogP contribution >= 0.6 is 0 Å². The molecule has 2 aromatic carbocycles. The number of hydrogen-bond donors (Lipinski definition) is 1. The first-order valence-electron chi connectivity index (χ1n) is 9.73. The predicted octanol–water partition coefficient (Wildman–Crippen LogP) is 4.43. The highest BCUT2D eigenvalue weighted by atomic mass is 32.2. The molecule has 1 aromatic heterocycles. The number of nitrogens with zero attached hydrogens (tertiary/aromatic N) is 1. The van der Waals surface area contributed by atoms with Gasteiger partial charge in [0.15, 0.2) is 0 Å². The van der Waals surface area contributed by atoms with Crippen LogP contribution in [0.15, 0.2) is 70.6 Å². The van der Waals surface area contributed by atoms with Gasteiger partial charge in [0.1, 0.15) is 11.5 Å². The van der Waals surface area contributed by atoms with Crippen LogP contribution in [0.2, 0.25) is 0 Å². The molecule has 31 heavy (non-hydrogen) atoms. The molecule has 0 saturated carbocycles. The molecule has 0 amide bonds. The maximum absolute atomic E-state index is 13.2. The molecule has 0 spiro atoms. The van der Waals surface area contributed by atoms with Crippen LogP contribution in [0.3, 0.4) is 0 Å². The third-order valence-electron chi connectivity index (χ3n) is 4.39. The number of ether oxygens (including phenoxy) is 2. The second-order valence-corrected chi connectivity index (χ2v) is 8.88. The molecule has 0 unspecified atom stereocenters. The quantitative estimate of drug-likeness (QED) is 0.524. The van der Waals surface area contributed by atoms with Crippen LogP contribution in [0.4, 0.5) is 0 Å². The molecule has 1 N–H and O–H groups in total. The summed E-state index contributed by atoms with van der Waals surface area (Å²) in [6, 6.07) is 14.0. The van der Waals surface area contributed by atoms with Crippen molar-refractivity contribution < 1.29 is 27.8 Å². The first kappa shape index (κ1) is 22.3. The maximum atomic E-state index is 13.2. The first-order chi connectivity index (χ1) is 14.8. The lowest BCUT2D eigenvalue weighted by molar-refractivity contribution is -0.136. The Bertz CT molecular complexity index is 1170. The Morgan fingerprint density at radius 3 is 2.42 bits per heavy atom. The van der Waals surface area contributed by atoms with Crippen molar-refractivity contribution in [2.75, 3.05) is 6.61 Å². The minimum absolute atomic E-state index is 0.0217. The lowest BCUT2D eigenvalue weighted by Gasteiger charge is -2.12. The minimum atomic E-state index is -3.89. The first-order valence-corrected chi connectivity index (χ1v) is 11.2. The van der Waals surface area contributed by atoms with Gasteiger partial charge in [-0.15, -0.1) is 0 Å². The van der Waals surface area contributed by atoms with Crippen molar-refractivity contribution >= 4 is 15.8 Å². The van der Waals surface area contributed by atoms with E-state index >= 15 is 0 Å². The van der Waals surface area contributed by atoms with Crippen molar-refractivity contribution in [1.82, 2.24) is 4.98 Å². The number of sulfone groups is 1. The van der Waals surface area contributed by atoms with Crippen LogP contribution < -0.4 is 9.47 Å². The van der Waals surface area contributed by atoms with Gasteiger partial charge in [-0.05, 0) is 67.4 Å². The zero-order chi connectivity index (χ0) is 22.4. The number of carboxylic acids is 1. The van der Waals surface area contributed by atoms with Gasteiger partial charge < -0.3 is 14.6 Å². The third kappa shape index (κ3) is 5.61. The highest BCUT2D eigenvalue weighted by Gasteiger charge is 2.20. The zero-order valence-corrected chi connectivity index (χ0v) is 18.1. The Morgan fingerprint density at radius 1 is 1.03 bits per heavy atom. The van der Waals surface area contributed by atoms with E-state index in [4.69, 9.17) is 14.6 Å². The van der Waals surface area contributed by atoms with Crippen molar-refractivity contribution in [3.63, 3.8) is 0 Å². The van der Waals surface area contributed by atoms with Gasteiger partial charge in [-0.25, -0.2) is 13.4 Å². The number of benzene rings is 2. The number of carbonyl (C=O) groups is 1. The smallest absolute Gasteiger partial charge is 0.307 e. The number of hydrogen-bond acceptors (Lipinski definition) is 6. The van der Waals surface area contributed by atoms with E-state index < -0.39 is 15.8 Å². The number of aryl methyl sites for hydroxylation is 1. The van der Waals surface area contributed by atoms with Crippen molar-refractivity contribution in [3.8, 4) is 17.4 Å². The monoisotopic (exact) mass is 441 g/mol. The Hall–Kier alpha value is -3.39. The van der Waals surface area contributed by atoms with E-state index in [2.05, 4.69) is 4.98 Å². The van der Waals surface area contributed by atoms with Gasteiger partial charge in [-0.3, -0.25) is 4.79 Å². The third-order valence-corrected chi connectivity index (χ3v) is 6.14. The van der Waals surface area contributed by atoms with Crippen LogP contribution in [0.25, 0.3) is 0 Å². The summed E-state index contributed by atoms with van der Waals surface area (Å²) < 4.78 is 37.6. The Balaban J connectivity index is 1.91. The summed E-state index contributed by atoms with van der Waals surface area (Å²) in [4.78, 5) is 15.3. The van der Waals surface area contributed by atoms with Gasteiger partial charge in [0, 0.05) is 11.8 Å². The maximum Gasteiger partial charge on any atom is 0.307 e. The molecule has 0 aliphatic rings. The molecular weight excluding hydrogens is 418 g/mol. The number of pyridine rings is 1. The molecule has 3 rings (SSSR count). The summed E-state index contributed by atoms with van der Waals surface area (Å²) >= 11 is 0. The van der Waals surface area contributed by atoms with Gasteiger partial charge in [-0.2, -0.15) is 0 Å². The lowest BCUT2D eigenvalue weighted by Crippen LogP contribution is -2.07. The van der Waals surface area contributed by atoms with Crippen molar-refractivity contribution in [2.24, 2.45) is 0 Å². The fraction of sp³-hybridized carbons (Fsp3) is 0.217. The van der Waals surface area contributed by atoms with E-state index in [1.807, 2.05) is 19.9 Å². The highest BCUT2D eigenvalue weighted by molar-refractivity contribution is 7.91. The molecule has 0 aliphatic heterocycles. The minimum Gasteiger partial charge on any atom is -0.494 e. The summed E-state index contributed by atoms with van der Waals surface area (Å²) in [7, 11) is -3.89. The molecule has 0 fully saturated rings. The van der Waals surface area contributed by atoms with Crippen LogP contribution in [-0.2, 0) is 21.1 Å². The number of aliphatic carboxylic acids is 1. The summed E-state index contributed by atoms with van der Waals surface area (Å²) in [5, 5.41) is 9.11. The molecule has 0 radical (unpaired) electrons. The van der Waals surface area contributed by atoms with Crippen LogP contribution in [0, 0.1) is 6.92 Å². The predicted molar refractivity (Wildman–Crippen MR) is 115 cm³/mol. The molecule has 3 aromatic rings. The van der Waals surface area contributed by atoms with Crippen molar-refractivity contribution in [2.45, 2.75) is 36.5 Å². The molecule has 0 bridgehead atoms. The standard InChI is InChI=1S/C23H23NO6S/c1-3-11-29-19-12-17(14-22(25)26)13-21(15-19)31(27,28)20-8-6-18(7-9-20)30-23-16(2)5-4-10-24-23/h4-10,12-13,15H,3,11,14H2,1-2H3,(H,25,26). The highest BCUT2D eigenvalue weighted by Crippen LogP contribution is 2.29. The molecule has 1 heterocycles. The second-order valence-electron chi connectivity index (χ2n) is 6.93. The van der Waals surface area contributed by atoms with Crippen molar-refractivity contribution in [3.05, 3.63) is 71.9 Å². The Morgan fingerprint density at radius 2 is 1.77 bits per heavy atom. The van der Waals surface area contributed by atoms with E-state index in [0.29, 0.717) is 29.5 Å². The number of carboxylic acid groups (broad SMARTS) is 1. The van der Waals surface area contributed by atoms with E-state index in [9.17, 15) is 13.2 Å². The second kappa shape index (κ2) is 9.61. The van der Waals surface area contributed by atoms with Gasteiger partial charge in [-0.1, -0.05) is 13.0 Å². The van der Waals surface area contributed by atoms with E-state index in [-0.39, 0.29) is 16.2 Å². The van der Waals surface area contributed by atoms with Gasteiger partial charge in [0.05, 0.1) is 22.8 Å². The zero-order valence-electron chi connectivity index (χ0n) is 17.2. The molecule has 0 atom stereocenters. The summed E-state index contributed by atoms with van der Waals surface area (Å²) in [5.41, 5.74) is 1.21. The molecule has 0 aliphatic carbocycles. The number of rotatable bonds is 9. The molecule has 0 saturated heterocycles. The lowest BCUT2D eigenvalue weighted by atomic mass is 10.1. The average Bonchev–Trinajstić information content (AvgIpc) is 2.73. The summed E-state index contributed by atoms with van der Waals surface area (Å²) in [6.45, 7) is 4.19. The fourth-order valence-corrected chi connectivity index (χ4v) is 4.22. The van der Waals surface area contributed by atoms with Crippen LogP contribution in [0.1, 0.15) is 24.5 Å². The fourth-order valence-electron chi connectivity index (χ4n) is 2.88. The van der Waals surface area contributed by atoms with Gasteiger partial charge >= 0.3 is 5.97 Å². The average molecular weight is 442 g/mol. The van der Waals surface area contributed by atoms with Crippen LogP contribution in [-0.4, -0.2) is 31.1 Å². The molecule has 162 valence electrons. The van der Waals surface area contributed by atoms with Gasteiger partial charge in [0.2, 0.25) is 15.7 Å². The van der Waals surface area contributed by atoms with Crippen LogP contribution in [0.5, 0.6) is 17.4 Å². The van der Waals surface area contributed by atoms with E-state index in [0.717, 1.165) is 12.0 Å². The molecular formula is C23H23NO6S. The normalized spacial score (nSPS) is 11.2. The molecule has 8 heteroatoms. The largest absolute Gasteiger partial charge is 0.494 e. The van der Waals surface area contributed by atoms with E-state index in [1.165, 1.54) is 24.3 Å². The summed E-state index contributed by atoms with van der Waals surface area (Å²) in [6.07, 6.45) is 2.05. The van der Waals surface area contributed by atoms with Crippen molar-refractivity contribution in [1.29, 1.82) is 0 Å². The van der Waals surface area contributed by atoms with E-state index in [1.54, 1.807) is 30.5 Å². The topological polar surface area (TPSA) is 103 Å². The Labute approximate surface area is 181 Å². The number of aromatic nitrogens is 1. The summed E-state index contributed by atoms with van der Waals surface area (Å²) in [5.74, 6) is 0.164. The van der Waals surface area contributed by atoms with Gasteiger partial charge in [0.25, 0.3) is 0 Å². The molecule has 7 nitrogen and oxygen atoms in total. The SMILES string of the molecule is CCCOc1cc(CC(=O)O)cc(S(=O)(=O)c2ccc(Oc3ncccc3C)cc2)c1.